The summed E-state index contributed by atoms with van der Waals surface area (Å²) in [7, 11) is -3.52. The quantitative estimate of drug-likeness (QED) is 0.383. The molecular formula is C27H29BrN2O4S. The molecule has 0 aromatic heterocycles. The van der Waals surface area contributed by atoms with E-state index in [1.807, 2.05) is 18.2 Å². The zero-order valence-electron chi connectivity index (χ0n) is 19.6. The molecule has 0 bridgehead atoms. The first-order chi connectivity index (χ1) is 16.8. The molecule has 184 valence electrons. The molecule has 1 aliphatic heterocycles. The van der Waals surface area contributed by atoms with Gasteiger partial charge in [-0.15, -0.1) is 0 Å². The molecule has 0 radical (unpaired) electrons. The van der Waals surface area contributed by atoms with Gasteiger partial charge in [0.1, 0.15) is 5.75 Å². The summed E-state index contributed by atoms with van der Waals surface area (Å²) in [6.45, 7) is 3.76. The molecule has 35 heavy (non-hydrogen) atoms. The number of piperidine rings is 1. The third kappa shape index (κ3) is 6.51. The maximum Gasteiger partial charge on any atom is 0.255 e. The zero-order chi connectivity index (χ0) is 24.8. The van der Waals surface area contributed by atoms with Crippen molar-refractivity contribution in [2.75, 3.05) is 25.0 Å². The van der Waals surface area contributed by atoms with Gasteiger partial charge in [-0.2, -0.15) is 4.31 Å². The lowest BCUT2D eigenvalue weighted by molar-refractivity contribution is 0.102. The first kappa shape index (κ1) is 25.4. The van der Waals surface area contributed by atoms with Gasteiger partial charge < -0.3 is 10.1 Å². The largest absolute Gasteiger partial charge is 0.492 e. The van der Waals surface area contributed by atoms with Crippen molar-refractivity contribution >= 4 is 37.5 Å². The number of carbonyl (C=O) groups is 1. The van der Waals surface area contributed by atoms with Gasteiger partial charge in [0.2, 0.25) is 10.0 Å². The van der Waals surface area contributed by atoms with Crippen LogP contribution in [0.4, 0.5) is 5.69 Å². The van der Waals surface area contributed by atoms with E-state index in [1.165, 1.54) is 5.56 Å². The van der Waals surface area contributed by atoms with E-state index in [4.69, 9.17) is 4.74 Å². The number of nitrogens with zero attached hydrogens (tertiary/aromatic N) is 1. The minimum absolute atomic E-state index is 0.241. The summed E-state index contributed by atoms with van der Waals surface area (Å²) in [5.41, 5.74) is 2.19. The van der Waals surface area contributed by atoms with Crippen molar-refractivity contribution in [2.24, 2.45) is 5.92 Å². The molecule has 1 saturated heterocycles. The number of rotatable bonds is 8. The number of benzene rings is 3. The number of anilines is 1. The summed E-state index contributed by atoms with van der Waals surface area (Å²) < 4.78 is 33.9. The molecular weight excluding hydrogens is 528 g/mol. The maximum atomic E-state index is 12.9. The van der Waals surface area contributed by atoms with Crippen LogP contribution in [0.15, 0.2) is 82.2 Å². The molecule has 0 saturated carbocycles. The van der Waals surface area contributed by atoms with Crippen molar-refractivity contribution in [3.05, 3.63) is 88.4 Å². The van der Waals surface area contributed by atoms with Gasteiger partial charge in [0.25, 0.3) is 5.91 Å². The summed E-state index contributed by atoms with van der Waals surface area (Å²) in [4.78, 5) is 13.0. The fraction of sp³-hybridized carbons (Fsp3) is 0.296. The third-order valence-corrected chi connectivity index (χ3v) is 8.71. The van der Waals surface area contributed by atoms with Gasteiger partial charge in [-0.1, -0.05) is 37.3 Å². The highest BCUT2D eigenvalue weighted by Crippen LogP contribution is 2.27. The highest BCUT2D eigenvalue weighted by atomic mass is 79.9. The Labute approximate surface area is 215 Å². The Bertz CT molecular complexity index is 1260. The normalized spacial score (nSPS) is 15.0. The molecule has 0 aliphatic carbocycles. The van der Waals surface area contributed by atoms with Gasteiger partial charge in [-0.3, -0.25) is 4.79 Å². The Morgan fingerprint density at radius 1 is 1.03 bits per heavy atom. The summed E-state index contributed by atoms with van der Waals surface area (Å²) in [5.74, 6) is 0.926. The molecule has 1 N–H and O–H groups in total. The molecule has 6 nitrogen and oxygen atoms in total. The summed E-state index contributed by atoms with van der Waals surface area (Å²) >= 11 is 3.48. The topological polar surface area (TPSA) is 75.7 Å². The predicted molar refractivity (Wildman–Crippen MR) is 141 cm³/mol. The second-order valence-corrected chi connectivity index (χ2v) is 11.6. The van der Waals surface area contributed by atoms with E-state index >= 15 is 0 Å². The van der Waals surface area contributed by atoms with Crippen LogP contribution < -0.4 is 10.1 Å². The molecule has 1 heterocycles. The van der Waals surface area contributed by atoms with Crippen LogP contribution in [0, 0.1) is 5.92 Å². The van der Waals surface area contributed by atoms with Gasteiger partial charge in [0.05, 0.1) is 16.0 Å². The second kappa shape index (κ2) is 11.4. The van der Waals surface area contributed by atoms with Crippen molar-refractivity contribution in [2.45, 2.75) is 31.1 Å². The van der Waals surface area contributed by atoms with Crippen LogP contribution in [0.5, 0.6) is 5.75 Å². The molecule has 1 fully saturated rings. The lowest BCUT2D eigenvalue weighted by atomic mass is 10.0. The number of carbonyl (C=O) groups excluding carboxylic acids is 1. The minimum atomic E-state index is -3.52. The van der Waals surface area contributed by atoms with Crippen LogP contribution in [0.25, 0.3) is 0 Å². The molecule has 0 atom stereocenters. The number of hydrogen-bond donors (Lipinski definition) is 1. The molecule has 1 aliphatic rings. The van der Waals surface area contributed by atoms with Crippen LogP contribution in [0.1, 0.15) is 35.7 Å². The monoisotopic (exact) mass is 556 g/mol. The van der Waals surface area contributed by atoms with E-state index in [9.17, 15) is 13.2 Å². The van der Waals surface area contributed by atoms with E-state index < -0.39 is 10.0 Å². The molecule has 3 aromatic rings. The smallest absolute Gasteiger partial charge is 0.255 e. The second-order valence-electron chi connectivity index (χ2n) is 8.79. The van der Waals surface area contributed by atoms with E-state index in [1.54, 1.807) is 46.8 Å². The average molecular weight is 558 g/mol. The lowest BCUT2D eigenvalue weighted by Crippen LogP contribution is -2.37. The van der Waals surface area contributed by atoms with E-state index in [0.717, 1.165) is 19.3 Å². The standard InChI is InChI=1S/C27H29BrN2O4S/c1-20-13-16-30(17-14-20)35(32,33)24-10-8-23(9-11-24)29-27(31)22-7-12-26(25(28)19-22)34-18-15-21-5-3-2-4-6-21/h2-12,19-20H,13-18H2,1H3,(H,29,31). The number of nitrogens with one attached hydrogen (secondary N) is 1. The zero-order valence-corrected chi connectivity index (χ0v) is 22.0. The first-order valence-electron chi connectivity index (χ1n) is 11.7. The van der Waals surface area contributed by atoms with Gasteiger partial charge in [-0.05, 0) is 82.7 Å². The highest BCUT2D eigenvalue weighted by Gasteiger charge is 2.28. The van der Waals surface area contributed by atoms with Crippen molar-refractivity contribution < 1.29 is 17.9 Å². The number of amides is 1. The van der Waals surface area contributed by atoms with E-state index in [-0.39, 0.29) is 10.8 Å². The Kier molecular flexibility index (Phi) is 8.26. The lowest BCUT2D eigenvalue weighted by Gasteiger charge is -2.29. The number of halogens is 1. The van der Waals surface area contributed by atoms with Crippen molar-refractivity contribution in [1.29, 1.82) is 0 Å². The SMILES string of the molecule is CC1CCN(S(=O)(=O)c2ccc(NC(=O)c3ccc(OCCc4ccccc4)c(Br)c3)cc2)CC1. The van der Waals surface area contributed by atoms with Crippen LogP contribution in [-0.2, 0) is 16.4 Å². The van der Waals surface area contributed by atoms with Crippen LogP contribution in [-0.4, -0.2) is 38.3 Å². The Morgan fingerprint density at radius 3 is 2.37 bits per heavy atom. The molecule has 3 aromatic carbocycles. The minimum Gasteiger partial charge on any atom is -0.492 e. The van der Waals surface area contributed by atoms with E-state index in [2.05, 4.69) is 40.3 Å². The molecule has 0 unspecified atom stereocenters. The van der Waals surface area contributed by atoms with Gasteiger partial charge >= 0.3 is 0 Å². The van der Waals surface area contributed by atoms with Crippen molar-refractivity contribution in [1.82, 2.24) is 4.31 Å². The average Bonchev–Trinajstić information content (AvgIpc) is 2.86. The number of ether oxygens (including phenoxy) is 1. The Hall–Kier alpha value is -2.68. The maximum absolute atomic E-state index is 12.9. The van der Waals surface area contributed by atoms with Gasteiger partial charge in [0.15, 0.2) is 0 Å². The highest BCUT2D eigenvalue weighted by molar-refractivity contribution is 9.10. The molecule has 0 spiro atoms. The van der Waals surface area contributed by atoms with Crippen LogP contribution in [0.2, 0.25) is 0 Å². The van der Waals surface area contributed by atoms with Crippen molar-refractivity contribution in [3.63, 3.8) is 0 Å². The fourth-order valence-electron chi connectivity index (χ4n) is 3.97. The van der Waals surface area contributed by atoms with Gasteiger partial charge in [-0.25, -0.2) is 8.42 Å². The first-order valence-corrected chi connectivity index (χ1v) is 13.9. The van der Waals surface area contributed by atoms with E-state index in [0.29, 0.717) is 47.1 Å². The number of sulfonamides is 1. The summed E-state index contributed by atoms with van der Waals surface area (Å²) in [6.07, 6.45) is 2.54. The predicted octanol–water partition coefficient (Wildman–Crippen LogP) is 5.74. The molecule has 1 amide bonds. The van der Waals surface area contributed by atoms with Crippen molar-refractivity contribution in [3.8, 4) is 5.75 Å². The Morgan fingerprint density at radius 2 is 1.71 bits per heavy atom. The fourth-order valence-corrected chi connectivity index (χ4v) is 5.93. The molecule has 4 rings (SSSR count). The van der Waals surface area contributed by atoms with Crippen LogP contribution >= 0.6 is 15.9 Å². The summed E-state index contributed by atoms with van der Waals surface area (Å²) in [6, 6.07) is 21.6. The van der Waals surface area contributed by atoms with Gasteiger partial charge in [0, 0.05) is 30.8 Å². The number of hydrogen-bond acceptors (Lipinski definition) is 4. The molecule has 8 heteroatoms. The Balaban J connectivity index is 1.34. The summed E-state index contributed by atoms with van der Waals surface area (Å²) in [5, 5.41) is 2.82. The van der Waals surface area contributed by atoms with Crippen LogP contribution in [0.3, 0.4) is 0 Å². The third-order valence-electron chi connectivity index (χ3n) is 6.18.